The smallest absolute Gasteiger partial charge is 0.251 e. The molecule has 0 fully saturated rings. The van der Waals surface area contributed by atoms with E-state index in [2.05, 4.69) is 5.32 Å². The molecule has 1 heterocycles. The van der Waals surface area contributed by atoms with Gasteiger partial charge in [0, 0.05) is 19.0 Å². The average Bonchev–Trinajstić information content (AvgIpc) is 3.04. The zero-order valence-corrected chi connectivity index (χ0v) is 15.5. The molecule has 0 aliphatic carbocycles. The van der Waals surface area contributed by atoms with Crippen molar-refractivity contribution < 1.29 is 9.18 Å². The predicted molar refractivity (Wildman–Crippen MR) is 107 cm³/mol. The lowest BCUT2D eigenvalue weighted by atomic mass is 10.0. The minimum Gasteiger partial charge on any atom is -0.345 e. The monoisotopic (exact) mass is 373 g/mol. The molecule has 140 valence electrons. The van der Waals surface area contributed by atoms with Crippen LogP contribution in [0.2, 0.25) is 0 Å². The molecule has 5 heteroatoms. The second-order valence-corrected chi connectivity index (χ2v) is 6.73. The maximum Gasteiger partial charge on any atom is 0.251 e. The van der Waals surface area contributed by atoms with Crippen LogP contribution in [0.5, 0.6) is 0 Å². The third-order valence-corrected chi connectivity index (χ3v) is 4.86. The van der Waals surface area contributed by atoms with Gasteiger partial charge in [0.05, 0.1) is 17.1 Å². The maximum atomic E-state index is 13.5. The molecule has 4 rings (SSSR count). The van der Waals surface area contributed by atoms with Crippen molar-refractivity contribution in [1.29, 1.82) is 0 Å². The molecule has 0 aliphatic heterocycles. The molecule has 1 aromatic heterocycles. The zero-order chi connectivity index (χ0) is 19.5. The quantitative estimate of drug-likeness (QED) is 0.563. The van der Waals surface area contributed by atoms with Gasteiger partial charge in [-0.1, -0.05) is 48.5 Å². The average molecular weight is 373 g/mol. The van der Waals surface area contributed by atoms with E-state index in [9.17, 15) is 9.18 Å². The van der Waals surface area contributed by atoms with E-state index in [4.69, 9.17) is 4.98 Å². The molecule has 0 radical (unpaired) electrons. The third kappa shape index (κ3) is 3.64. The van der Waals surface area contributed by atoms with E-state index < -0.39 is 5.82 Å². The fourth-order valence-corrected chi connectivity index (χ4v) is 3.37. The van der Waals surface area contributed by atoms with Crippen molar-refractivity contribution in [2.75, 3.05) is 0 Å². The molecule has 0 spiro atoms. The molecule has 0 aliphatic rings. The summed E-state index contributed by atoms with van der Waals surface area (Å²) in [4.78, 5) is 17.4. The molecule has 0 saturated heterocycles. The molecule has 0 unspecified atom stereocenters. The second-order valence-electron chi connectivity index (χ2n) is 6.73. The fraction of sp³-hybridized carbons (Fsp3) is 0.130. The number of carbonyl (C=O) groups is 1. The first-order valence-electron chi connectivity index (χ1n) is 9.13. The number of hydrogen-bond acceptors (Lipinski definition) is 2. The van der Waals surface area contributed by atoms with Gasteiger partial charge in [0.1, 0.15) is 11.6 Å². The summed E-state index contributed by atoms with van der Waals surface area (Å²) in [5, 5.41) is 3.04. The molecular weight excluding hydrogens is 353 g/mol. The SMILES string of the molecule is Cn1c(C[C@H](NC(=O)c2cccc(F)c2)c2ccccc2)nc2ccccc21. The van der Waals surface area contributed by atoms with Gasteiger partial charge in [0.25, 0.3) is 5.91 Å². The maximum absolute atomic E-state index is 13.5. The van der Waals surface area contributed by atoms with E-state index in [-0.39, 0.29) is 11.9 Å². The number of nitrogens with zero attached hydrogens (tertiary/aromatic N) is 2. The van der Waals surface area contributed by atoms with Gasteiger partial charge >= 0.3 is 0 Å². The Morgan fingerprint density at radius 1 is 1.04 bits per heavy atom. The minimum absolute atomic E-state index is 0.285. The largest absolute Gasteiger partial charge is 0.345 e. The van der Waals surface area contributed by atoms with Crippen molar-refractivity contribution in [3.8, 4) is 0 Å². The van der Waals surface area contributed by atoms with Crippen LogP contribution in [0, 0.1) is 5.82 Å². The molecule has 0 saturated carbocycles. The molecular formula is C23H20FN3O. The van der Waals surface area contributed by atoms with E-state index in [1.54, 1.807) is 6.07 Å². The number of carbonyl (C=O) groups excluding carboxylic acids is 1. The van der Waals surface area contributed by atoms with Crippen LogP contribution in [0.3, 0.4) is 0 Å². The van der Waals surface area contributed by atoms with Crippen LogP contribution in [0.25, 0.3) is 11.0 Å². The lowest BCUT2D eigenvalue weighted by Gasteiger charge is -2.19. The number of rotatable bonds is 5. The van der Waals surface area contributed by atoms with Crippen molar-refractivity contribution in [1.82, 2.24) is 14.9 Å². The second kappa shape index (κ2) is 7.64. The van der Waals surface area contributed by atoms with Crippen molar-refractivity contribution in [3.05, 3.63) is 102 Å². The van der Waals surface area contributed by atoms with Gasteiger partial charge in [-0.05, 0) is 35.9 Å². The Morgan fingerprint density at radius 3 is 2.54 bits per heavy atom. The van der Waals surface area contributed by atoms with Crippen molar-refractivity contribution >= 4 is 16.9 Å². The summed E-state index contributed by atoms with van der Waals surface area (Å²) in [6.45, 7) is 0. The van der Waals surface area contributed by atoms with Crippen molar-refractivity contribution in [2.24, 2.45) is 7.05 Å². The van der Waals surface area contributed by atoms with Gasteiger partial charge in [-0.3, -0.25) is 4.79 Å². The first-order chi connectivity index (χ1) is 13.6. The minimum atomic E-state index is -0.431. The first-order valence-corrected chi connectivity index (χ1v) is 9.13. The highest BCUT2D eigenvalue weighted by Gasteiger charge is 2.19. The Labute approximate surface area is 162 Å². The number of aromatic nitrogens is 2. The molecule has 1 atom stereocenters. The number of halogens is 1. The number of amides is 1. The van der Waals surface area contributed by atoms with Crippen LogP contribution in [0.4, 0.5) is 4.39 Å². The Hall–Kier alpha value is -3.47. The standard InChI is InChI=1S/C23H20FN3O/c1-27-21-13-6-5-12-19(21)25-22(27)15-20(16-8-3-2-4-9-16)26-23(28)17-10-7-11-18(24)14-17/h2-14,20H,15H2,1H3,(H,26,28)/t20-/m0/s1. The van der Waals surface area contributed by atoms with Crippen LogP contribution < -0.4 is 5.32 Å². The summed E-state index contributed by atoms with van der Waals surface area (Å²) in [6, 6.07) is 23.1. The molecule has 0 bridgehead atoms. The van der Waals surface area contributed by atoms with Crippen molar-refractivity contribution in [3.63, 3.8) is 0 Å². The van der Waals surface area contributed by atoms with Gasteiger partial charge in [-0.2, -0.15) is 0 Å². The third-order valence-electron chi connectivity index (χ3n) is 4.86. The van der Waals surface area contributed by atoms with Gasteiger partial charge in [-0.15, -0.1) is 0 Å². The number of hydrogen-bond donors (Lipinski definition) is 1. The summed E-state index contributed by atoms with van der Waals surface area (Å²) in [6.07, 6.45) is 0.524. The Morgan fingerprint density at radius 2 is 1.79 bits per heavy atom. The Bertz CT molecular complexity index is 1120. The summed E-state index contributed by atoms with van der Waals surface area (Å²) in [5.41, 5.74) is 3.23. The van der Waals surface area contributed by atoms with E-state index in [1.807, 2.05) is 66.2 Å². The normalized spacial score (nSPS) is 12.1. The molecule has 28 heavy (non-hydrogen) atoms. The van der Waals surface area contributed by atoms with Crippen LogP contribution >= 0.6 is 0 Å². The number of aryl methyl sites for hydroxylation is 1. The van der Waals surface area contributed by atoms with Crippen LogP contribution in [0.15, 0.2) is 78.9 Å². The van der Waals surface area contributed by atoms with Crippen molar-refractivity contribution in [2.45, 2.75) is 12.5 Å². The highest BCUT2D eigenvalue weighted by atomic mass is 19.1. The summed E-state index contributed by atoms with van der Waals surface area (Å²) in [5.74, 6) is 0.126. The van der Waals surface area contributed by atoms with E-state index in [1.165, 1.54) is 18.2 Å². The number of nitrogens with one attached hydrogen (secondary N) is 1. The summed E-state index contributed by atoms with van der Waals surface area (Å²) >= 11 is 0. The predicted octanol–water partition coefficient (Wildman–Crippen LogP) is 4.43. The van der Waals surface area contributed by atoms with Gasteiger partial charge in [-0.25, -0.2) is 9.37 Å². The summed E-state index contributed by atoms with van der Waals surface area (Å²) in [7, 11) is 1.97. The number of imidazole rings is 1. The molecule has 4 nitrogen and oxygen atoms in total. The zero-order valence-electron chi connectivity index (χ0n) is 15.5. The number of para-hydroxylation sites is 2. The van der Waals surface area contributed by atoms with E-state index in [0.29, 0.717) is 12.0 Å². The molecule has 3 aromatic carbocycles. The van der Waals surface area contributed by atoms with Crippen LogP contribution in [-0.4, -0.2) is 15.5 Å². The molecule has 1 amide bonds. The fourth-order valence-electron chi connectivity index (χ4n) is 3.37. The Kier molecular flexibility index (Phi) is 4.89. The molecule has 4 aromatic rings. The van der Waals surface area contributed by atoms with Gasteiger partial charge in [0.2, 0.25) is 0 Å². The Balaban J connectivity index is 1.66. The van der Waals surface area contributed by atoms with Crippen LogP contribution in [-0.2, 0) is 13.5 Å². The molecule has 1 N–H and O–H groups in total. The topological polar surface area (TPSA) is 46.9 Å². The van der Waals surface area contributed by atoms with Gasteiger partial charge < -0.3 is 9.88 Å². The van der Waals surface area contributed by atoms with E-state index in [0.717, 1.165) is 22.4 Å². The lowest BCUT2D eigenvalue weighted by molar-refractivity contribution is 0.0935. The highest BCUT2D eigenvalue weighted by molar-refractivity contribution is 5.94. The van der Waals surface area contributed by atoms with E-state index >= 15 is 0 Å². The first kappa shape index (κ1) is 17.9. The van der Waals surface area contributed by atoms with Crippen LogP contribution in [0.1, 0.15) is 27.8 Å². The summed E-state index contributed by atoms with van der Waals surface area (Å²) < 4.78 is 15.6. The number of fused-ring (bicyclic) bond motifs is 1. The number of benzene rings is 3. The lowest BCUT2D eigenvalue weighted by Crippen LogP contribution is -2.30. The highest BCUT2D eigenvalue weighted by Crippen LogP contribution is 2.22. The van der Waals surface area contributed by atoms with Gasteiger partial charge in [0.15, 0.2) is 0 Å².